The monoisotopic (exact) mass is 366 g/mol. The lowest BCUT2D eigenvalue weighted by molar-refractivity contribution is -0.143. The molecule has 1 saturated carbocycles. The lowest BCUT2D eigenvalue weighted by Crippen LogP contribution is -2.53. The van der Waals surface area contributed by atoms with Gasteiger partial charge >= 0.3 is 0 Å². The van der Waals surface area contributed by atoms with E-state index in [1.165, 1.54) is 0 Å². The Morgan fingerprint density at radius 2 is 1.86 bits per heavy atom. The van der Waals surface area contributed by atoms with E-state index in [2.05, 4.69) is 21.2 Å². The smallest absolute Gasteiger partial charge is 0.239 e. The average Bonchev–Trinajstić information content (AvgIpc) is 2.45. The third-order valence-electron chi connectivity index (χ3n) is 4.39. The average molecular weight is 367 g/mol. The van der Waals surface area contributed by atoms with Gasteiger partial charge < -0.3 is 10.2 Å². The molecule has 0 bridgehead atoms. The van der Waals surface area contributed by atoms with E-state index in [1.54, 1.807) is 4.90 Å². The predicted molar refractivity (Wildman–Crippen MR) is 90.6 cm³/mol. The second-order valence-electron chi connectivity index (χ2n) is 5.72. The van der Waals surface area contributed by atoms with E-state index < -0.39 is 5.41 Å². The van der Waals surface area contributed by atoms with E-state index in [4.69, 9.17) is 0 Å². The molecular formula is C17H23BrN2O2. The fourth-order valence-corrected chi connectivity index (χ4v) is 3.25. The molecule has 2 amide bonds. The standard InChI is InChI=1S/C17H23BrN2O2/c1-3-19-15(21)12-20(4-2)16(22)17(10-5-11-17)13-6-8-14(18)9-7-13/h6-9H,3-5,10-12H2,1-2H3,(H,19,21). The van der Waals surface area contributed by atoms with Crippen molar-refractivity contribution in [2.45, 2.75) is 38.5 Å². The normalized spacial score (nSPS) is 15.8. The molecule has 120 valence electrons. The molecule has 0 unspecified atom stereocenters. The van der Waals surface area contributed by atoms with Crippen molar-refractivity contribution >= 4 is 27.7 Å². The first-order valence-electron chi connectivity index (χ1n) is 7.85. The Morgan fingerprint density at radius 3 is 2.32 bits per heavy atom. The fourth-order valence-electron chi connectivity index (χ4n) is 2.98. The predicted octanol–water partition coefficient (Wildman–Crippen LogP) is 2.86. The van der Waals surface area contributed by atoms with Gasteiger partial charge in [-0.3, -0.25) is 9.59 Å². The first-order valence-corrected chi connectivity index (χ1v) is 8.65. The molecule has 1 N–H and O–H groups in total. The summed E-state index contributed by atoms with van der Waals surface area (Å²) in [6.07, 6.45) is 2.78. The molecule has 1 aliphatic rings. The zero-order valence-corrected chi connectivity index (χ0v) is 14.8. The van der Waals surface area contributed by atoms with Gasteiger partial charge in [0, 0.05) is 17.6 Å². The Kier molecular flexibility index (Phi) is 5.62. The molecule has 0 heterocycles. The Balaban J connectivity index is 2.19. The van der Waals surface area contributed by atoms with Crippen LogP contribution in [-0.4, -0.2) is 36.3 Å². The number of halogens is 1. The summed E-state index contributed by atoms with van der Waals surface area (Å²) in [4.78, 5) is 26.5. The second kappa shape index (κ2) is 7.27. The van der Waals surface area contributed by atoms with Crippen LogP contribution in [0.5, 0.6) is 0 Å². The van der Waals surface area contributed by atoms with E-state index in [9.17, 15) is 9.59 Å². The molecule has 1 aromatic carbocycles. The molecule has 4 nitrogen and oxygen atoms in total. The molecule has 1 fully saturated rings. The first kappa shape index (κ1) is 17.0. The zero-order chi connectivity index (χ0) is 16.2. The summed E-state index contributed by atoms with van der Waals surface area (Å²) in [7, 11) is 0. The molecule has 1 aliphatic carbocycles. The molecule has 0 saturated heterocycles. The van der Waals surface area contributed by atoms with Gasteiger partial charge in [-0.15, -0.1) is 0 Å². The number of benzene rings is 1. The molecule has 0 spiro atoms. The van der Waals surface area contributed by atoms with Crippen molar-refractivity contribution in [3.8, 4) is 0 Å². The van der Waals surface area contributed by atoms with Crippen LogP contribution in [-0.2, 0) is 15.0 Å². The highest BCUT2D eigenvalue weighted by molar-refractivity contribution is 9.10. The van der Waals surface area contributed by atoms with Gasteiger partial charge in [0.15, 0.2) is 0 Å². The molecule has 0 radical (unpaired) electrons. The second-order valence-corrected chi connectivity index (χ2v) is 6.63. The fraction of sp³-hybridized carbons (Fsp3) is 0.529. The number of hydrogen-bond donors (Lipinski definition) is 1. The topological polar surface area (TPSA) is 49.4 Å². The SMILES string of the molecule is CCNC(=O)CN(CC)C(=O)C1(c2ccc(Br)cc2)CCC1. The molecule has 22 heavy (non-hydrogen) atoms. The van der Waals surface area contributed by atoms with Gasteiger partial charge in [0.2, 0.25) is 11.8 Å². The van der Waals surface area contributed by atoms with Crippen molar-refractivity contribution in [1.82, 2.24) is 10.2 Å². The van der Waals surface area contributed by atoms with Crippen molar-refractivity contribution in [2.24, 2.45) is 0 Å². The van der Waals surface area contributed by atoms with Crippen molar-refractivity contribution in [3.05, 3.63) is 34.3 Å². The van der Waals surface area contributed by atoms with Crippen LogP contribution in [0.1, 0.15) is 38.7 Å². The van der Waals surface area contributed by atoms with Crippen LogP contribution in [0.25, 0.3) is 0 Å². The maximum atomic E-state index is 13.0. The van der Waals surface area contributed by atoms with Gasteiger partial charge in [-0.2, -0.15) is 0 Å². The van der Waals surface area contributed by atoms with E-state index in [0.29, 0.717) is 13.1 Å². The summed E-state index contributed by atoms with van der Waals surface area (Å²) in [5, 5.41) is 2.76. The van der Waals surface area contributed by atoms with E-state index in [0.717, 1.165) is 29.3 Å². The molecule has 5 heteroatoms. The minimum absolute atomic E-state index is 0.0785. The molecule has 0 aromatic heterocycles. The van der Waals surface area contributed by atoms with Crippen LogP contribution in [0.15, 0.2) is 28.7 Å². The van der Waals surface area contributed by atoms with E-state index in [-0.39, 0.29) is 18.4 Å². The summed E-state index contributed by atoms with van der Waals surface area (Å²) in [5.41, 5.74) is 0.615. The Bertz CT molecular complexity index is 538. The third-order valence-corrected chi connectivity index (χ3v) is 4.92. The zero-order valence-electron chi connectivity index (χ0n) is 13.2. The van der Waals surface area contributed by atoms with Gasteiger partial charge in [-0.1, -0.05) is 34.5 Å². The van der Waals surface area contributed by atoms with Gasteiger partial charge in [0.05, 0.1) is 12.0 Å². The minimum atomic E-state index is -0.441. The van der Waals surface area contributed by atoms with Gasteiger partial charge in [0.25, 0.3) is 0 Å². The number of nitrogens with one attached hydrogen (secondary N) is 1. The van der Waals surface area contributed by atoms with Gasteiger partial charge in [-0.25, -0.2) is 0 Å². The maximum Gasteiger partial charge on any atom is 0.239 e. The minimum Gasteiger partial charge on any atom is -0.355 e. The van der Waals surface area contributed by atoms with Gasteiger partial charge in [-0.05, 0) is 44.4 Å². The van der Waals surface area contributed by atoms with Crippen LogP contribution >= 0.6 is 15.9 Å². The number of carbonyl (C=O) groups excluding carboxylic acids is 2. The maximum absolute atomic E-state index is 13.0. The summed E-state index contributed by atoms with van der Waals surface area (Å²) in [6.45, 7) is 5.08. The summed E-state index contributed by atoms with van der Waals surface area (Å²) < 4.78 is 1.01. The summed E-state index contributed by atoms with van der Waals surface area (Å²) in [6, 6.07) is 7.98. The highest BCUT2D eigenvalue weighted by Crippen LogP contribution is 2.45. The van der Waals surface area contributed by atoms with Crippen LogP contribution in [0.4, 0.5) is 0 Å². The molecule has 0 aliphatic heterocycles. The summed E-state index contributed by atoms with van der Waals surface area (Å²) >= 11 is 3.43. The van der Waals surface area contributed by atoms with Gasteiger partial charge in [0.1, 0.15) is 0 Å². The number of amides is 2. The van der Waals surface area contributed by atoms with E-state index >= 15 is 0 Å². The highest BCUT2D eigenvalue weighted by atomic mass is 79.9. The van der Waals surface area contributed by atoms with Crippen LogP contribution in [0.2, 0.25) is 0 Å². The molecule has 0 atom stereocenters. The number of hydrogen-bond acceptors (Lipinski definition) is 2. The number of carbonyl (C=O) groups is 2. The quantitative estimate of drug-likeness (QED) is 0.841. The first-order chi connectivity index (χ1) is 10.5. The number of likely N-dealkylation sites (N-methyl/N-ethyl adjacent to an activating group) is 2. The third kappa shape index (κ3) is 3.35. The number of nitrogens with zero attached hydrogens (tertiary/aromatic N) is 1. The molecular weight excluding hydrogens is 344 g/mol. The van der Waals surface area contributed by atoms with Crippen molar-refractivity contribution in [1.29, 1.82) is 0 Å². The molecule has 1 aromatic rings. The van der Waals surface area contributed by atoms with Crippen LogP contribution in [0.3, 0.4) is 0 Å². The molecule has 2 rings (SSSR count). The lowest BCUT2D eigenvalue weighted by Gasteiger charge is -2.43. The van der Waals surface area contributed by atoms with Crippen molar-refractivity contribution in [2.75, 3.05) is 19.6 Å². The summed E-state index contributed by atoms with van der Waals surface area (Å²) in [5.74, 6) is -0.0159. The van der Waals surface area contributed by atoms with E-state index in [1.807, 2.05) is 38.1 Å². The van der Waals surface area contributed by atoms with Crippen molar-refractivity contribution in [3.63, 3.8) is 0 Å². The van der Waals surface area contributed by atoms with Crippen LogP contribution < -0.4 is 5.32 Å². The number of rotatable bonds is 6. The lowest BCUT2D eigenvalue weighted by atomic mass is 9.63. The largest absolute Gasteiger partial charge is 0.355 e. The highest BCUT2D eigenvalue weighted by Gasteiger charge is 2.47. The van der Waals surface area contributed by atoms with Crippen molar-refractivity contribution < 1.29 is 9.59 Å². The Labute approximate surface area is 140 Å². The Morgan fingerprint density at radius 1 is 1.23 bits per heavy atom. The van der Waals surface area contributed by atoms with Crippen LogP contribution in [0, 0.1) is 0 Å². The Hall–Kier alpha value is -1.36.